The highest BCUT2D eigenvalue weighted by molar-refractivity contribution is 8.13. The number of sulfonamides is 2. The maximum atomic E-state index is 11.8. The SMILES string of the molecule is CCCCCCc1cc[n+](CCCCCCOC(=O)Nc2ccc(N=C=O)cc2)cc1.O=S(=O)([N-]S(=O)(=O)C(F)(F)F)C(F)(F)F. The molecule has 1 heterocycles. The van der Waals surface area contributed by atoms with Gasteiger partial charge in [0.05, 0.1) is 12.3 Å². The minimum atomic E-state index is -6.72. The Labute approximate surface area is 263 Å². The molecule has 0 unspecified atom stereocenters. The zero-order chi connectivity index (χ0) is 34.9. The molecule has 1 aromatic carbocycles. The minimum absolute atomic E-state index is 0.402. The van der Waals surface area contributed by atoms with Gasteiger partial charge in [-0.15, -0.1) is 0 Å². The third-order valence-corrected chi connectivity index (χ3v) is 8.63. The minimum Gasteiger partial charge on any atom is -0.449 e. The van der Waals surface area contributed by atoms with E-state index in [4.69, 9.17) is 4.74 Å². The summed E-state index contributed by atoms with van der Waals surface area (Å²) in [7, 11) is -13.4. The highest BCUT2D eigenvalue weighted by atomic mass is 32.3. The van der Waals surface area contributed by atoms with Crippen LogP contribution < -0.4 is 9.88 Å². The standard InChI is InChI=1S/C25H33N3O3.C2F6NO4S2/c1-2-3-4-7-10-22-15-18-28(19-16-22)17-8-5-6-9-20-31-25(30)27-24-13-11-23(12-14-24)26-21-29;3-1(4,5)14(10,11)9-15(12,13)2(6,7)8/h11-16,18-19H,2-10,17,20H2,1H3;/q;-1/p+1. The Balaban J connectivity index is 0.000000595. The van der Waals surface area contributed by atoms with Gasteiger partial charge in [-0.1, -0.05) is 26.2 Å². The first-order chi connectivity index (χ1) is 21.4. The van der Waals surface area contributed by atoms with Crippen LogP contribution in [0.25, 0.3) is 4.13 Å². The number of unbranched alkanes of at least 4 members (excludes halogenated alkanes) is 6. The third-order valence-electron chi connectivity index (χ3n) is 5.89. The first-order valence-electron chi connectivity index (χ1n) is 13.9. The number of nitrogens with one attached hydrogen (secondary N) is 1. The summed E-state index contributed by atoms with van der Waals surface area (Å²) in [6, 6.07) is 11.0. The summed E-state index contributed by atoms with van der Waals surface area (Å²) in [6.45, 7) is 3.66. The Morgan fingerprint density at radius 2 is 1.39 bits per heavy atom. The molecule has 1 amide bonds. The summed E-state index contributed by atoms with van der Waals surface area (Å²) in [6.07, 6.45) is 15.8. The molecule has 0 radical (unpaired) electrons. The van der Waals surface area contributed by atoms with Gasteiger partial charge in [-0.25, -0.2) is 31.0 Å². The molecule has 46 heavy (non-hydrogen) atoms. The number of nitrogens with zero attached hydrogens (tertiary/aromatic N) is 3. The van der Waals surface area contributed by atoms with Gasteiger partial charge >= 0.3 is 17.1 Å². The second-order valence-corrected chi connectivity index (χ2v) is 13.0. The molecule has 0 fully saturated rings. The number of hydrogen-bond donors (Lipinski definition) is 1. The molecule has 1 aromatic heterocycles. The number of aromatic nitrogens is 1. The molecule has 0 aliphatic rings. The molecule has 2 aromatic rings. The lowest BCUT2D eigenvalue weighted by molar-refractivity contribution is -0.697. The van der Waals surface area contributed by atoms with E-state index in [2.05, 4.69) is 46.3 Å². The van der Waals surface area contributed by atoms with E-state index < -0.39 is 37.2 Å². The molecule has 0 aliphatic heterocycles. The fraction of sp³-hybridized carbons (Fsp3) is 0.519. The molecule has 19 heteroatoms. The van der Waals surface area contributed by atoms with E-state index in [-0.39, 0.29) is 0 Å². The Morgan fingerprint density at radius 3 is 1.91 bits per heavy atom. The molecular weight excluding hydrogens is 670 g/mol. The van der Waals surface area contributed by atoms with E-state index in [0.717, 1.165) is 36.4 Å². The largest absolute Gasteiger partial charge is 0.480 e. The summed E-state index contributed by atoms with van der Waals surface area (Å²) in [4.78, 5) is 25.5. The van der Waals surface area contributed by atoms with Crippen LogP contribution >= 0.6 is 0 Å². The van der Waals surface area contributed by atoms with Gasteiger partial charge in [-0.3, -0.25) is 5.32 Å². The van der Waals surface area contributed by atoms with Crippen molar-refractivity contribution in [3.8, 4) is 0 Å². The predicted molar refractivity (Wildman–Crippen MR) is 155 cm³/mol. The van der Waals surface area contributed by atoms with E-state index >= 15 is 0 Å². The van der Waals surface area contributed by atoms with Crippen molar-refractivity contribution < 1.29 is 62.1 Å². The number of hydrogen-bond acceptors (Lipinski definition) is 8. The summed E-state index contributed by atoms with van der Waals surface area (Å²) in [5, 5.41) is 2.65. The van der Waals surface area contributed by atoms with Crippen molar-refractivity contribution in [3.05, 3.63) is 58.5 Å². The molecular formula is C27H34F6N4O7S2. The van der Waals surface area contributed by atoms with E-state index in [1.54, 1.807) is 24.3 Å². The van der Waals surface area contributed by atoms with Crippen molar-refractivity contribution in [1.82, 2.24) is 0 Å². The van der Waals surface area contributed by atoms with Crippen molar-refractivity contribution in [2.45, 2.75) is 82.3 Å². The van der Waals surface area contributed by atoms with Crippen LogP contribution in [-0.2, 0) is 42.5 Å². The smallest absolute Gasteiger partial charge is 0.449 e. The number of ether oxygens (including phenoxy) is 1. The second kappa shape index (κ2) is 19.2. The Kier molecular flexibility index (Phi) is 16.9. The maximum absolute atomic E-state index is 11.8. The van der Waals surface area contributed by atoms with Crippen molar-refractivity contribution in [1.29, 1.82) is 0 Å². The molecule has 0 spiro atoms. The average Bonchev–Trinajstić information content (AvgIpc) is 2.95. The maximum Gasteiger partial charge on any atom is 0.480 e. The van der Waals surface area contributed by atoms with Crippen LogP contribution in [0.3, 0.4) is 0 Å². The number of halogens is 6. The van der Waals surface area contributed by atoms with E-state index in [9.17, 15) is 52.8 Å². The number of alkyl halides is 6. The van der Waals surface area contributed by atoms with Gasteiger partial charge in [-0.2, -0.15) is 31.3 Å². The van der Waals surface area contributed by atoms with Crippen LogP contribution in [-0.4, -0.2) is 46.6 Å². The van der Waals surface area contributed by atoms with E-state index in [1.165, 1.54) is 43.7 Å². The highest BCUT2D eigenvalue weighted by Gasteiger charge is 2.46. The molecule has 0 atom stereocenters. The molecule has 0 saturated heterocycles. The topological polar surface area (TPSA) is 154 Å². The Bertz CT molecular complexity index is 1440. The average molecular weight is 705 g/mol. The lowest BCUT2D eigenvalue weighted by atomic mass is 10.1. The number of isocyanates is 1. The summed E-state index contributed by atoms with van der Waals surface area (Å²) >= 11 is 0. The van der Waals surface area contributed by atoms with E-state index in [1.807, 2.05) is 0 Å². The highest BCUT2D eigenvalue weighted by Crippen LogP contribution is 2.36. The normalized spacial score (nSPS) is 12.0. The number of amides is 1. The zero-order valence-corrected chi connectivity index (χ0v) is 26.3. The fourth-order valence-corrected chi connectivity index (χ4v) is 5.22. The number of aliphatic imine (C=N–C) groups is 1. The third kappa shape index (κ3) is 15.6. The van der Waals surface area contributed by atoms with Crippen LogP contribution in [0.4, 0.5) is 42.5 Å². The lowest BCUT2D eigenvalue weighted by Crippen LogP contribution is -2.32. The summed E-state index contributed by atoms with van der Waals surface area (Å²) in [5.74, 6) is 0. The molecule has 0 aliphatic carbocycles. The number of pyridine rings is 1. The van der Waals surface area contributed by atoms with Crippen molar-refractivity contribution in [3.63, 3.8) is 0 Å². The van der Waals surface area contributed by atoms with Crippen LogP contribution in [0.15, 0.2) is 53.8 Å². The Hall–Kier alpha value is -3.54. The van der Waals surface area contributed by atoms with Crippen LogP contribution in [0.2, 0.25) is 0 Å². The molecule has 258 valence electrons. The molecule has 1 N–H and O–H groups in total. The van der Waals surface area contributed by atoms with Crippen LogP contribution in [0.5, 0.6) is 0 Å². The van der Waals surface area contributed by atoms with Gasteiger partial charge in [-0.05, 0) is 61.9 Å². The van der Waals surface area contributed by atoms with Gasteiger partial charge < -0.3 is 8.86 Å². The predicted octanol–water partition coefficient (Wildman–Crippen LogP) is 6.93. The van der Waals surface area contributed by atoms with Crippen molar-refractivity contribution in [2.75, 3.05) is 11.9 Å². The number of aryl methyl sites for hydroxylation is 2. The van der Waals surface area contributed by atoms with Gasteiger partial charge in [0.1, 0.15) is 6.54 Å². The van der Waals surface area contributed by atoms with E-state index in [0.29, 0.717) is 18.0 Å². The van der Waals surface area contributed by atoms with Crippen LogP contribution in [0.1, 0.15) is 63.9 Å². The number of carbonyl (C=O) groups is 1. The van der Waals surface area contributed by atoms with Crippen molar-refractivity contribution >= 4 is 43.6 Å². The molecule has 2 rings (SSSR count). The summed E-state index contributed by atoms with van der Waals surface area (Å²) in [5.41, 5.74) is -9.89. The first-order valence-corrected chi connectivity index (χ1v) is 16.8. The van der Waals surface area contributed by atoms with Crippen LogP contribution in [0, 0.1) is 0 Å². The zero-order valence-electron chi connectivity index (χ0n) is 24.7. The summed E-state index contributed by atoms with van der Waals surface area (Å²) < 4.78 is 117. The van der Waals surface area contributed by atoms with Gasteiger partial charge in [0.2, 0.25) is 6.08 Å². The lowest BCUT2D eigenvalue weighted by Gasteiger charge is -2.22. The Morgan fingerprint density at radius 1 is 0.848 bits per heavy atom. The van der Waals surface area contributed by atoms with Gasteiger partial charge in [0.25, 0.3) is 0 Å². The number of carbonyl (C=O) groups excluding carboxylic acids is 2. The van der Waals surface area contributed by atoms with Gasteiger partial charge in [0.15, 0.2) is 32.4 Å². The van der Waals surface area contributed by atoms with Gasteiger partial charge in [0, 0.05) is 24.2 Å². The number of benzene rings is 1. The number of rotatable bonds is 16. The molecule has 11 nitrogen and oxygen atoms in total. The van der Waals surface area contributed by atoms with Crippen molar-refractivity contribution in [2.24, 2.45) is 4.99 Å². The molecule has 0 saturated carbocycles. The monoisotopic (exact) mass is 704 g/mol. The second-order valence-electron chi connectivity index (χ2n) is 9.60. The fourth-order valence-electron chi connectivity index (χ4n) is 3.51. The first kappa shape index (κ1) is 40.5. The molecule has 0 bridgehead atoms. The quantitative estimate of drug-likeness (QED) is 0.0653. The number of anilines is 1.